The molecule has 38 heavy (non-hydrogen) atoms. The number of aromatic amines is 1. The first-order valence-corrected chi connectivity index (χ1v) is 14.0. The third-order valence-electron chi connectivity index (χ3n) is 8.73. The minimum absolute atomic E-state index is 0.0251. The van der Waals surface area contributed by atoms with Crippen LogP contribution in [0.5, 0.6) is 5.88 Å². The van der Waals surface area contributed by atoms with E-state index in [9.17, 15) is 9.59 Å². The highest BCUT2D eigenvalue weighted by Crippen LogP contribution is 2.41. The molecule has 10 heteroatoms. The number of likely N-dealkylation sites (tertiary alicyclic amines) is 1. The maximum atomic E-state index is 13.6. The van der Waals surface area contributed by atoms with Crippen LogP contribution in [0.25, 0.3) is 0 Å². The van der Waals surface area contributed by atoms with Crippen molar-refractivity contribution < 1.29 is 19.1 Å². The molecule has 5 heterocycles. The molecule has 0 spiro atoms. The fourth-order valence-corrected chi connectivity index (χ4v) is 6.30. The lowest BCUT2D eigenvalue weighted by Crippen LogP contribution is -2.40. The Morgan fingerprint density at radius 1 is 0.974 bits per heavy atom. The number of aromatic nitrogens is 4. The second kappa shape index (κ2) is 9.80. The van der Waals surface area contributed by atoms with Gasteiger partial charge in [-0.25, -0.2) is 4.98 Å². The van der Waals surface area contributed by atoms with Gasteiger partial charge in [0.1, 0.15) is 5.69 Å². The molecule has 2 aromatic heterocycles. The number of hydrogen-bond acceptors (Lipinski definition) is 7. The predicted molar refractivity (Wildman–Crippen MR) is 136 cm³/mol. The van der Waals surface area contributed by atoms with Gasteiger partial charge >= 0.3 is 0 Å². The van der Waals surface area contributed by atoms with Crippen molar-refractivity contribution in [1.82, 2.24) is 30.2 Å². The Labute approximate surface area is 221 Å². The first kappa shape index (κ1) is 23.8. The Balaban J connectivity index is 0.981. The van der Waals surface area contributed by atoms with Gasteiger partial charge in [0.2, 0.25) is 11.8 Å². The first-order chi connectivity index (χ1) is 18.6. The zero-order valence-electron chi connectivity index (χ0n) is 21.7. The van der Waals surface area contributed by atoms with Crippen LogP contribution in [0, 0.1) is 11.8 Å². The van der Waals surface area contributed by atoms with E-state index < -0.39 is 0 Å². The van der Waals surface area contributed by atoms with Gasteiger partial charge in [-0.15, -0.1) is 0 Å². The highest BCUT2D eigenvalue weighted by atomic mass is 16.5. The molecule has 0 aromatic carbocycles. The van der Waals surface area contributed by atoms with Gasteiger partial charge in [-0.2, -0.15) is 15.4 Å². The van der Waals surface area contributed by atoms with E-state index >= 15 is 0 Å². The molecule has 200 valence electrons. The van der Waals surface area contributed by atoms with Gasteiger partial charge in [0.25, 0.3) is 5.91 Å². The van der Waals surface area contributed by atoms with E-state index in [0.29, 0.717) is 56.1 Å². The summed E-state index contributed by atoms with van der Waals surface area (Å²) in [6, 6.07) is 3.78. The number of hydrogen-bond donors (Lipinski definition) is 1. The lowest BCUT2D eigenvalue weighted by Gasteiger charge is -2.29. The summed E-state index contributed by atoms with van der Waals surface area (Å²) in [6.45, 7) is 4.60. The molecular formula is C28H34N6O4. The van der Waals surface area contributed by atoms with Crippen molar-refractivity contribution in [2.45, 2.75) is 57.4 Å². The Morgan fingerprint density at radius 2 is 1.74 bits per heavy atom. The maximum Gasteiger partial charge on any atom is 0.254 e. The smallest absolute Gasteiger partial charge is 0.254 e. The lowest BCUT2D eigenvalue weighted by atomic mass is 10.00. The third-order valence-corrected chi connectivity index (χ3v) is 8.73. The topological polar surface area (TPSA) is 114 Å². The molecule has 0 unspecified atom stereocenters. The second-order valence-corrected chi connectivity index (χ2v) is 11.5. The summed E-state index contributed by atoms with van der Waals surface area (Å²) < 4.78 is 11.6. The van der Waals surface area contributed by atoms with Crippen LogP contribution < -0.4 is 4.74 Å². The van der Waals surface area contributed by atoms with Crippen LogP contribution in [0.2, 0.25) is 0 Å². The predicted octanol–water partition coefficient (Wildman–Crippen LogP) is 2.63. The van der Waals surface area contributed by atoms with Crippen molar-refractivity contribution >= 4 is 11.8 Å². The Kier molecular flexibility index (Phi) is 6.14. The van der Waals surface area contributed by atoms with Gasteiger partial charge in [-0.3, -0.25) is 9.59 Å². The molecule has 2 fully saturated rings. The molecule has 1 saturated carbocycles. The van der Waals surface area contributed by atoms with Gasteiger partial charge in [0.15, 0.2) is 0 Å². The number of H-pyrrole nitrogens is 1. The molecule has 0 bridgehead atoms. The number of amides is 2. The summed E-state index contributed by atoms with van der Waals surface area (Å²) >= 11 is 0. The SMILES string of the molecule is O=C(c1cc(OCC2CCOCC2)nc(C2CC2)c1)N1CC2=C(CC(C(=O)N3CCc4n[nH]nc4C3)C2)C1. The van der Waals surface area contributed by atoms with Crippen LogP contribution in [-0.4, -0.2) is 81.5 Å². The largest absolute Gasteiger partial charge is 0.477 e. The summed E-state index contributed by atoms with van der Waals surface area (Å²) in [4.78, 5) is 35.4. The number of nitrogens with one attached hydrogen (secondary N) is 1. The molecule has 1 N–H and O–H groups in total. The van der Waals surface area contributed by atoms with Crippen LogP contribution in [0.15, 0.2) is 23.3 Å². The molecule has 7 rings (SSSR count). The van der Waals surface area contributed by atoms with Crippen LogP contribution in [0.3, 0.4) is 0 Å². The van der Waals surface area contributed by atoms with Gasteiger partial charge < -0.3 is 19.3 Å². The zero-order chi connectivity index (χ0) is 25.6. The van der Waals surface area contributed by atoms with Gasteiger partial charge in [0, 0.05) is 68.4 Å². The molecule has 2 amide bonds. The van der Waals surface area contributed by atoms with E-state index in [2.05, 4.69) is 15.4 Å². The van der Waals surface area contributed by atoms with E-state index in [1.54, 1.807) is 0 Å². The number of fused-ring (bicyclic) bond motifs is 1. The summed E-state index contributed by atoms with van der Waals surface area (Å²) in [5, 5.41) is 11.0. The molecule has 0 radical (unpaired) electrons. The quantitative estimate of drug-likeness (QED) is 0.585. The average Bonchev–Trinajstić information content (AvgIpc) is 3.37. The third kappa shape index (κ3) is 4.70. The van der Waals surface area contributed by atoms with Gasteiger partial charge in [-0.1, -0.05) is 0 Å². The summed E-state index contributed by atoms with van der Waals surface area (Å²) in [6.07, 6.45) is 6.47. The summed E-state index contributed by atoms with van der Waals surface area (Å²) in [5.41, 5.74) is 5.98. The highest BCUT2D eigenvalue weighted by Gasteiger charge is 2.39. The average molecular weight is 519 g/mol. The fourth-order valence-electron chi connectivity index (χ4n) is 6.30. The fraction of sp³-hybridized carbons (Fsp3) is 0.607. The summed E-state index contributed by atoms with van der Waals surface area (Å²) in [7, 11) is 0. The Morgan fingerprint density at radius 3 is 2.50 bits per heavy atom. The van der Waals surface area contributed by atoms with E-state index in [0.717, 1.165) is 75.2 Å². The second-order valence-electron chi connectivity index (χ2n) is 11.5. The molecule has 10 nitrogen and oxygen atoms in total. The number of nitrogens with zero attached hydrogens (tertiary/aromatic N) is 5. The van der Waals surface area contributed by atoms with Crippen molar-refractivity contribution in [3.05, 3.63) is 45.9 Å². The number of pyridine rings is 1. The molecule has 1 saturated heterocycles. The van der Waals surface area contributed by atoms with Crippen LogP contribution >= 0.6 is 0 Å². The number of rotatable bonds is 6. The standard InChI is InChI=1S/C28H34N6O4/c35-27(33-6-3-23-25(15-33)31-32-30-23)19-9-21-13-34(14-22(21)10-19)28(36)20-11-24(18-1-2-18)29-26(12-20)38-16-17-4-7-37-8-5-17/h11-12,17-19H,1-10,13-16H2,(H,30,31,32). The van der Waals surface area contributed by atoms with Gasteiger partial charge in [-0.05, 0) is 61.7 Å². The van der Waals surface area contributed by atoms with Crippen LogP contribution in [0.1, 0.15) is 71.9 Å². The van der Waals surface area contributed by atoms with E-state index in [1.807, 2.05) is 21.9 Å². The highest BCUT2D eigenvalue weighted by molar-refractivity contribution is 5.95. The Hall–Kier alpha value is -3.27. The molecule has 0 atom stereocenters. The Bertz CT molecular complexity index is 1260. The first-order valence-electron chi connectivity index (χ1n) is 14.0. The molecule has 2 aliphatic carbocycles. The maximum absolute atomic E-state index is 13.6. The molecular weight excluding hydrogens is 484 g/mol. The molecule has 2 aromatic rings. The number of ether oxygens (including phenoxy) is 2. The normalized spacial score (nSPS) is 22.1. The number of carbonyl (C=O) groups excluding carboxylic acids is 2. The molecule has 3 aliphatic heterocycles. The van der Waals surface area contributed by atoms with Crippen molar-refractivity contribution in [3.8, 4) is 5.88 Å². The minimum Gasteiger partial charge on any atom is -0.477 e. The summed E-state index contributed by atoms with van der Waals surface area (Å²) in [5.74, 6) is 1.66. The van der Waals surface area contributed by atoms with Crippen molar-refractivity contribution in [3.63, 3.8) is 0 Å². The molecule has 5 aliphatic rings. The minimum atomic E-state index is -0.0294. The van der Waals surface area contributed by atoms with Crippen molar-refractivity contribution in [1.29, 1.82) is 0 Å². The lowest BCUT2D eigenvalue weighted by molar-refractivity contribution is -0.136. The monoisotopic (exact) mass is 518 g/mol. The van der Waals surface area contributed by atoms with Crippen molar-refractivity contribution in [2.24, 2.45) is 11.8 Å². The van der Waals surface area contributed by atoms with E-state index in [-0.39, 0.29) is 17.7 Å². The van der Waals surface area contributed by atoms with Crippen molar-refractivity contribution in [2.75, 3.05) is 39.5 Å². The van der Waals surface area contributed by atoms with E-state index in [4.69, 9.17) is 14.5 Å². The van der Waals surface area contributed by atoms with E-state index in [1.165, 1.54) is 11.1 Å². The van der Waals surface area contributed by atoms with Gasteiger partial charge in [0.05, 0.1) is 18.8 Å². The number of carbonyl (C=O) groups is 2. The van der Waals surface area contributed by atoms with Crippen LogP contribution in [0.4, 0.5) is 0 Å². The van der Waals surface area contributed by atoms with Crippen LogP contribution in [-0.2, 0) is 22.5 Å². The zero-order valence-corrected chi connectivity index (χ0v) is 21.7.